The molecular weight excluding hydrogens is 377 g/mol. The average Bonchev–Trinajstić information content (AvgIpc) is 3.05. The highest BCUT2D eigenvalue weighted by Gasteiger charge is 2.10. The number of nitrogens with zero attached hydrogens (tertiary/aromatic N) is 2. The second-order valence-electron chi connectivity index (χ2n) is 5.64. The van der Waals surface area contributed by atoms with Crippen LogP contribution in [0.1, 0.15) is 19.4 Å². The highest BCUT2D eigenvalue weighted by Crippen LogP contribution is 2.25. The maximum absolute atomic E-state index is 12.9. The first-order chi connectivity index (χ1) is 12.4. The molecule has 140 valence electrons. The number of hydrogen-bond acceptors (Lipinski definition) is 7. The van der Waals surface area contributed by atoms with Gasteiger partial charge in [-0.3, -0.25) is 9.59 Å². The summed E-state index contributed by atoms with van der Waals surface area (Å²) in [5.74, 6) is -0.587. The normalized spacial score (nSPS) is 10.6. The molecule has 0 fully saturated rings. The average molecular weight is 398 g/mol. The summed E-state index contributed by atoms with van der Waals surface area (Å²) >= 11 is 2.58. The summed E-state index contributed by atoms with van der Waals surface area (Å²) in [5, 5.41) is 17.0. The summed E-state index contributed by atoms with van der Waals surface area (Å²) in [6.07, 6.45) is 0. The molecule has 0 bridgehead atoms. The Balaban J connectivity index is 1.69. The van der Waals surface area contributed by atoms with Crippen molar-refractivity contribution in [1.29, 1.82) is 0 Å². The molecule has 0 aliphatic rings. The van der Waals surface area contributed by atoms with Gasteiger partial charge in [0, 0.05) is 12.6 Å². The lowest BCUT2D eigenvalue weighted by atomic mass is 10.2. The Labute approximate surface area is 159 Å². The molecule has 0 saturated carbocycles. The summed E-state index contributed by atoms with van der Waals surface area (Å²) in [6.45, 7) is 4.17. The zero-order chi connectivity index (χ0) is 18.9. The van der Waals surface area contributed by atoms with E-state index >= 15 is 0 Å². The first-order valence-electron chi connectivity index (χ1n) is 7.93. The van der Waals surface area contributed by atoms with Crippen LogP contribution in [0.3, 0.4) is 0 Å². The summed E-state index contributed by atoms with van der Waals surface area (Å²) in [7, 11) is 0. The Kier molecular flexibility index (Phi) is 7.79. The van der Waals surface area contributed by atoms with E-state index in [9.17, 15) is 14.0 Å². The lowest BCUT2D eigenvalue weighted by Crippen LogP contribution is -2.40. The maximum atomic E-state index is 12.9. The molecule has 0 aliphatic heterocycles. The van der Waals surface area contributed by atoms with Crippen molar-refractivity contribution in [2.24, 2.45) is 0 Å². The number of nitrogens with one attached hydrogen (secondary N) is 3. The van der Waals surface area contributed by atoms with E-state index in [0.29, 0.717) is 16.0 Å². The molecule has 26 heavy (non-hydrogen) atoms. The van der Waals surface area contributed by atoms with Crippen molar-refractivity contribution in [3.05, 3.63) is 35.6 Å². The first kappa shape index (κ1) is 20.1. The monoisotopic (exact) mass is 397 g/mol. The predicted octanol–water partition coefficient (Wildman–Crippen LogP) is 2.02. The lowest BCUT2D eigenvalue weighted by Gasteiger charge is -2.08. The summed E-state index contributed by atoms with van der Waals surface area (Å²) in [6, 6.07) is 6.23. The number of amides is 2. The Bertz CT molecular complexity index is 736. The molecule has 2 amide bonds. The molecular formula is C16H20FN5O2S2. The number of hydrogen-bond donors (Lipinski definition) is 3. The number of anilines is 1. The Morgan fingerprint density at radius 1 is 1.19 bits per heavy atom. The van der Waals surface area contributed by atoms with Crippen molar-refractivity contribution in [3.8, 4) is 0 Å². The highest BCUT2D eigenvalue weighted by atomic mass is 32.2. The van der Waals surface area contributed by atoms with E-state index in [1.54, 1.807) is 12.1 Å². The molecule has 0 atom stereocenters. The Morgan fingerprint density at radius 3 is 2.62 bits per heavy atom. The molecule has 0 radical (unpaired) electrons. The smallest absolute Gasteiger partial charge is 0.239 e. The van der Waals surface area contributed by atoms with Crippen molar-refractivity contribution in [2.75, 3.05) is 17.6 Å². The topological polar surface area (TPSA) is 96.0 Å². The van der Waals surface area contributed by atoms with Crippen molar-refractivity contribution < 1.29 is 14.0 Å². The third-order valence-electron chi connectivity index (χ3n) is 2.99. The maximum Gasteiger partial charge on any atom is 0.239 e. The molecule has 3 N–H and O–H groups in total. The highest BCUT2D eigenvalue weighted by molar-refractivity contribution is 8.01. The van der Waals surface area contributed by atoms with E-state index in [1.165, 1.54) is 35.2 Å². The number of aromatic nitrogens is 2. The number of rotatable bonds is 9. The zero-order valence-corrected chi connectivity index (χ0v) is 16.0. The van der Waals surface area contributed by atoms with E-state index < -0.39 is 0 Å². The van der Waals surface area contributed by atoms with Gasteiger partial charge >= 0.3 is 0 Å². The van der Waals surface area contributed by atoms with Gasteiger partial charge in [-0.05, 0) is 31.5 Å². The minimum absolute atomic E-state index is 0.0380. The summed E-state index contributed by atoms with van der Waals surface area (Å²) in [4.78, 5) is 23.2. The molecule has 0 saturated heterocycles. The number of halogens is 1. The van der Waals surface area contributed by atoms with E-state index in [2.05, 4.69) is 26.1 Å². The van der Waals surface area contributed by atoms with Crippen LogP contribution in [0.25, 0.3) is 0 Å². The largest absolute Gasteiger partial charge is 0.356 e. The fourth-order valence-electron chi connectivity index (χ4n) is 1.85. The minimum Gasteiger partial charge on any atom is -0.356 e. The zero-order valence-electron chi connectivity index (χ0n) is 14.4. The molecule has 10 heteroatoms. The number of thioether (sulfide) groups is 1. The fraction of sp³-hybridized carbons (Fsp3) is 0.375. The van der Waals surface area contributed by atoms with Gasteiger partial charge in [-0.25, -0.2) is 4.39 Å². The molecule has 1 heterocycles. The van der Waals surface area contributed by atoms with Gasteiger partial charge < -0.3 is 16.0 Å². The number of carbonyl (C=O) groups is 2. The van der Waals surface area contributed by atoms with Crippen LogP contribution in [0.15, 0.2) is 28.6 Å². The van der Waals surface area contributed by atoms with Crippen molar-refractivity contribution >= 4 is 40.0 Å². The SMILES string of the molecule is CC(C)NC(=O)CNC(=O)CSc1nnc(NCc2ccc(F)cc2)s1. The lowest BCUT2D eigenvalue weighted by molar-refractivity contribution is -0.125. The van der Waals surface area contributed by atoms with Gasteiger partial charge in [-0.15, -0.1) is 10.2 Å². The molecule has 0 spiro atoms. The van der Waals surface area contributed by atoms with Gasteiger partial charge in [-0.1, -0.05) is 35.2 Å². The van der Waals surface area contributed by atoms with Crippen LogP contribution in [0, 0.1) is 5.82 Å². The van der Waals surface area contributed by atoms with E-state index in [1.807, 2.05) is 13.8 Å². The molecule has 2 rings (SSSR count). The standard InChI is InChI=1S/C16H20FN5O2S2/c1-10(2)20-13(23)8-18-14(24)9-25-16-22-21-15(26-16)19-7-11-3-5-12(17)6-4-11/h3-6,10H,7-9H2,1-2H3,(H,18,24)(H,19,21)(H,20,23). The summed E-state index contributed by atoms with van der Waals surface area (Å²) in [5.41, 5.74) is 0.926. The van der Waals surface area contributed by atoms with Crippen LogP contribution in [-0.4, -0.2) is 40.4 Å². The molecule has 1 aromatic carbocycles. The molecule has 0 unspecified atom stereocenters. The van der Waals surface area contributed by atoms with Gasteiger partial charge in [-0.2, -0.15) is 0 Å². The van der Waals surface area contributed by atoms with Crippen LogP contribution in [0.4, 0.5) is 9.52 Å². The number of carbonyl (C=O) groups excluding carboxylic acids is 2. The van der Waals surface area contributed by atoms with Gasteiger partial charge in [0.15, 0.2) is 4.34 Å². The minimum atomic E-state index is -0.275. The van der Waals surface area contributed by atoms with Gasteiger partial charge in [0.1, 0.15) is 5.82 Å². The van der Waals surface area contributed by atoms with Crippen LogP contribution in [-0.2, 0) is 16.1 Å². The van der Waals surface area contributed by atoms with Crippen LogP contribution in [0.5, 0.6) is 0 Å². The quantitative estimate of drug-likeness (QED) is 0.560. The summed E-state index contributed by atoms with van der Waals surface area (Å²) < 4.78 is 13.5. The Hall–Kier alpha value is -2.20. The van der Waals surface area contributed by atoms with E-state index in [4.69, 9.17) is 0 Å². The van der Waals surface area contributed by atoms with Crippen LogP contribution < -0.4 is 16.0 Å². The van der Waals surface area contributed by atoms with Crippen molar-refractivity contribution in [1.82, 2.24) is 20.8 Å². The van der Waals surface area contributed by atoms with Crippen LogP contribution >= 0.6 is 23.1 Å². The van der Waals surface area contributed by atoms with Crippen molar-refractivity contribution in [2.45, 2.75) is 30.8 Å². The van der Waals surface area contributed by atoms with Crippen molar-refractivity contribution in [3.63, 3.8) is 0 Å². The molecule has 7 nitrogen and oxygen atoms in total. The van der Waals surface area contributed by atoms with Gasteiger partial charge in [0.05, 0.1) is 12.3 Å². The van der Waals surface area contributed by atoms with Gasteiger partial charge in [0.2, 0.25) is 16.9 Å². The fourth-order valence-corrected chi connectivity index (χ4v) is 3.43. The molecule has 0 aliphatic carbocycles. The van der Waals surface area contributed by atoms with E-state index in [-0.39, 0.29) is 36.0 Å². The third kappa shape index (κ3) is 7.36. The number of benzene rings is 1. The second kappa shape index (κ2) is 10.1. The first-order valence-corrected chi connectivity index (χ1v) is 9.73. The third-order valence-corrected chi connectivity index (χ3v) is 5.00. The molecule has 2 aromatic rings. The van der Waals surface area contributed by atoms with Crippen LogP contribution in [0.2, 0.25) is 0 Å². The Morgan fingerprint density at radius 2 is 1.92 bits per heavy atom. The predicted molar refractivity (Wildman–Crippen MR) is 101 cm³/mol. The molecule has 1 aromatic heterocycles. The second-order valence-corrected chi connectivity index (χ2v) is 7.84. The van der Waals surface area contributed by atoms with E-state index in [0.717, 1.165) is 5.56 Å². The van der Waals surface area contributed by atoms with Gasteiger partial charge in [0.25, 0.3) is 0 Å².